The molecule has 0 aromatic heterocycles. The fourth-order valence-electron chi connectivity index (χ4n) is 1.84. The fourth-order valence-corrected chi connectivity index (χ4v) is 1.84. The number of carbonyl (C=O) groups is 1. The lowest BCUT2D eigenvalue weighted by Gasteiger charge is -2.07. The number of benzene rings is 2. The lowest BCUT2D eigenvalue weighted by atomic mass is 10.1. The Morgan fingerprint density at radius 1 is 1.14 bits per heavy atom. The van der Waals surface area contributed by atoms with Crippen molar-refractivity contribution in [3.8, 4) is 5.75 Å². The molecule has 0 heterocycles. The second-order valence-electron chi connectivity index (χ2n) is 4.43. The summed E-state index contributed by atoms with van der Waals surface area (Å²) in [5.74, 6) is -0.967. The Morgan fingerprint density at radius 3 is 2.52 bits per heavy atom. The van der Waals surface area contributed by atoms with E-state index in [4.69, 9.17) is 4.74 Å². The maximum Gasteiger partial charge on any atom is 0.228 e. The van der Waals surface area contributed by atoms with Crippen molar-refractivity contribution in [2.75, 3.05) is 11.9 Å². The highest BCUT2D eigenvalue weighted by Gasteiger charge is 2.09. The molecule has 0 atom stereocenters. The zero-order valence-electron chi connectivity index (χ0n) is 11.5. The minimum Gasteiger partial charge on any atom is -0.494 e. The number of hydrogen-bond acceptors (Lipinski definition) is 2. The van der Waals surface area contributed by atoms with Crippen LogP contribution in [0.25, 0.3) is 0 Å². The molecule has 0 aliphatic carbocycles. The average Bonchev–Trinajstić information content (AvgIpc) is 2.45. The molecule has 0 saturated carbocycles. The molecule has 2 aromatic rings. The van der Waals surface area contributed by atoms with Crippen molar-refractivity contribution in [3.05, 3.63) is 59.7 Å². The van der Waals surface area contributed by atoms with Gasteiger partial charge in [-0.25, -0.2) is 8.78 Å². The molecule has 0 fully saturated rings. The van der Waals surface area contributed by atoms with Gasteiger partial charge >= 0.3 is 0 Å². The van der Waals surface area contributed by atoms with Gasteiger partial charge in [0.1, 0.15) is 17.4 Å². The second-order valence-corrected chi connectivity index (χ2v) is 4.43. The Morgan fingerprint density at radius 2 is 1.86 bits per heavy atom. The van der Waals surface area contributed by atoms with Crippen LogP contribution < -0.4 is 10.1 Å². The van der Waals surface area contributed by atoms with E-state index in [9.17, 15) is 13.6 Å². The first kappa shape index (κ1) is 15.0. The summed E-state index contributed by atoms with van der Waals surface area (Å²) >= 11 is 0. The first-order chi connectivity index (χ1) is 10.1. The van der Waals surface area contributed by atoms with Crippen molar-refractivity contribution >= 4 is 11.6 Å². The molecule has 21 heavy (non-hydrogen) atoms. The van der Waals surface area contributed by atoms with E-state index in [1.54, 1.807) is 24.3 Å². The summed E-state index contributed by atoms with van der Waals surface area (Å²) in [5.41, 5.74) is 0.596. The molecular weight excluding hydrogens is 276 g/mol. The lowest BCUT2D eigenvalue weighted by molar-refractivity contribution is -0.115. The van der Waals surface area contributed by atoms with E-state index >= 15 is 0 Å². The molecule has 0 spiro atoms. The molecule has 0 saturated heterocycles. The number of anilines is 1. The van der Waals surface area contributed by atoms with Crippen LogP contribution in [0.4, 0.5) is 14.5 Å². The van der Waals surface area contributed by atoms with Crippen LogP contribution in [-0.2, 0) is 11.2 Å². The van der Waals surface area contributed by atoms with Gasteiger partial charge in [-0.05, 0) is 36.8 Å². The molecule has 110 valence electrons. The first-order valence-electron chi connectivity index (χ1n) is 6.55. The molecule has 1 amide bonds. The van der Waals surface area contributed by atoms with Crippen LogP contribution in [-0.4, -0.2) is 12.5 Å². The summed E-state index contributed by atoms with van der Waals surface area (Å²) in [6, 6.07) is 9.95. The third-order valence-corrected chi connectivity index (χ3v) is 2.80. The van der Waals surface area contributed by atoms with E-state index < -0.39 is 17.5 Å². The summed E-state index contributed by atoms with van der Waals surface area (Å²) in [6.45, 7) is 2.45. The van der Waals surface area contributed by atoms with E-state index in [2.05, 4.69) is 5.32 Å². The van der Waals surface area contributed by atoms with Crippen LogP contribution in [0, 0.1) is 11.6 Å². The Labute approximate surface area is 121 Å². The zero-order valence-corrected chi connectivity index (χ0v) is 11.5. The fraction of sp³-hybridized carbons (Fsp3) is 0.188. The van der Waals surface area contributed by atoms with Crippen molar-refractivity contribution < 1.29 is 18.3 Å². The predicted molar refractivity (Wildman–Crippen MR) is 76.3 cm³/mol. The van der Waals surface area contributed by atoms with Gasteiger partial charge in [-0.3, -0.25) is 4.79 Å². The molecule has 0 bridgehead atoms. The van der Waals surface area contributed by atoms with Crippen molar-refractivity contribution in [1.82, 2.24) is 0 Å². The van der Waals surface area contributed by atoms with Gasteiger partial charge < -0.3 is 10.1 Å². The monoisotopic (exact) mass is 291 g/mol. The first-order valence-corrected chi connectivity index (χ1v) is 6.55. The number of rotatable bonds is 5. The van der Waals surface area contributed by atoms with E-state index in [0.29, 0.717) is 6.61 Å². The van der Waals surface area contributed by atoms with Gasteiger partial charge in [-0.15, -0.1) is 0 Å². The van der Waals surface area contributed by atoms with Gasteiger partial charge in [0.15, 0.2) is 0 Å². The van der Waals surface area contributed by atoms with Gasteiger partial charge in [-0.1, -0.05) is 12.1 Å². The maximum absolute atomic E-state index is 13.4. The van der Waals surface area contributed by atoms with Gasteiger partial charge in [0.05, 0.1) is 18.7 Å². The standard InChI is InChI=1S/C16H15F2NO2/c1-2-21-13-6-3-11(4-7-13)9-16(20)19-15-10-12(17)5-8-14(15)18/h3-8,10H,2,9H2,1H3,(H,19,20). The summed E-state index contributed by atoms with van der Waals surface area (Å²) in [6.07, 6.45) is 0.0718. The highest BCUT2D eigenvalue weighted by atomic mass is 19.1. The summed E-state index contributed by atoms with van der Waals surface area (Å²) in [5, 5.41) is 2.35. The minimum atomic E-state index is -0.670. The molecule has 0 unspecified atom stereocenters. The number of amides is 1. The number of hydrogen-bond donors (Lipinski definition) is 1. The zero-order chi connectivity index (χ0) is 15.2. The van der Waals surface area contributed by atoms with Crippen molar-refractivity contribution in [2.45, 2.75) is 13.3 Å². The Bertz CT molecular complexity index is 627. The highest BCUT2D eigenvalue weighted by molar-refractivity contribution is 5.92. The van der Waals surface area contributed by atoms with E-state index in [-0.39, 0.29) is 12.1 Å². The number of carbonyl (C=O) groups excluding carboxylic acids is 1. The third-order valence-electron chi connectivity index (χ3n) is 2.80. The van der Waals surface area contributed by atoms with Gasteiger partial charge in [0, 0.05) is 6.07 Å². The molecule has 0 aliphatic heterocycles. The van der Waals surface area contributed by atoms with E-state index in [1.165, 1.54) is 0 Å². The Balaban J connectivity index is 1.99. The molecule has 3 nitrogen and oxygen atoms in total. The van der Waals surface area contributed by atoms with Crippen LogP contribution in [0.3, 0.4) is 0 Å². The molecular formula is C16H15F2NO2. The highest BCUT2D eigenvalue weighted by Crippen LogP contribution is 2.16. The number of nitrogens with one attached hydrogen (secondary N) is 1. The maximum atomic E-state index is 13.4. The predicted octanol–water partition coefficient (Wildman–Crippen LogP) is 3.54. The van der Waals surface area contributed by atoms with Crippen LogP contribution in [0.15, 0.2) is 42.5 Å². The molecule has 1 N–H and O–H groups in total. The molecule has 5 heteroatoms. The van der Waals surface area contributed by atoms with Crippen LogP contribution >= 0.6 is 0 Å². The molecule has 2 aromatic carbocycles. The van der Waals surface area contributed by atoms with E-state index in [1.807, 2.05) is 6.92 Å². The second kappa shape index (κ2) is 6.83. The topological polar surface area (TPSA) is 38.3 Å². The Kier molecular flexibility index (Phi) is 4.87. The van der Waals surface area contributed by atoms with Gasteiger partial charge in [-0.2, -0.15) is 0 Å². The average molecular weight is 291 g/mol. The largest absolute Gasteiger partial charge is 0.494 e. The van der Waals surface area contributed by atoms with E-state index in [0.717, 1.165) is 29.5 Å². The molecule has 2 rings (SSSR count). The van der Waals surface area contributed by atoms with Crippen LogP contribution in [0.1, 0.15) is 12.5 Å². The van der Waals surface area contributed by atoms with Crippen molar-refractivity contribution in [1.29, 1.82) is 0 Å². The van der Waals surface area contributed by atoms with Crippen LogP contribution in [0.2, 0.25) is 0 Å². The van der Waals surface area contributed by atoms with Crippen molar-refractivity contribution in [2.24, 2.45) is 0 Å². The third kappa shape index (κ3) is 4.27. The molecule has 0 aliphatic rings. The normalized spacial score (nSPS) is 10.2. The minimum absolute atomic E-state index is 0.0718. The number of halogens is 2. The summed E-state index contributed by atoms with van der Waals surface area (Å²) in [7, 11) is 0. The Hall–Kier alpha value is -2.43. The SMILES string of the molecule is CCOc1ccc(CC(=O)Nc2cc(F)ccc2F)cc1. The summed E-state index contributed by atoms with van der Waals surface area (Å²) in [4.78, 5) is 11.8. The van der Waals surface area contributed by atoms with Gasteiger partial charge in [0.2, 0.25) is 5.91 Å². The smallest absolute Gasteiger partial charge is 0.228 e. The number of ether oxygens (including phenoxy) is 1. The van der Waals surface area contributed by atoms with Gasteiger partial charge in [0.25, 0.3) is 0 Å². The summed E-state index contributed by atoms with van der Waals surface area (Å²) < 4.78 is 31.7. The molecule has 0 radical (unpaired) electrons. The quantitative estimate of drug-likeness (QED) is 0.915. The van der Waals surface area contributed by atoms with Crippen molar-refractivity contribution in [3.63, 3.8) is 0 Å². The van der Waals surface area contributed by atoms with Crippen LogP contribution in [0.5, 0.6) is 5.75 Å². The lowest BCUT2D eigenvalue weighted by Crippen LogP contribution is -2.15.